The number of hydrogen-bond acceptors (Lipinski definition) is 11. The minimum Gasteiger partial charge on any atom is -0.481 e. The molecule has 1 aliphatic carbocycles. The third kappa shape index (κ3) is 6.86. The van der Waals surface area contributed by atoms with Gasteiger partial charge in [-0.3, -0.25) is 19.6 Å². The number of nitrogens with zero attached hydrogens (tertiary/aromatic N) is 6. The van der Waals surface area contributed by atoms with Gasteiger partial charge in [-0.15, -0.1) is 0 Å². The number of pyridine rings is 2. The molecule has 3 N–H and O–H groups in total. The van der Waals surface area contributed by atoms with Crippen LogP contribution in [0.1, 0.15) is 47.8 Å². The van der Waals surface area contributed by atoms with E-state index < -0.39 is 5.97 Å². The van der Waals surface area contributed by atoms with E-state index in [0.717, 1.165) is 40.6 Å². The fourth-order valence-electron chi connectivity index (χ4n) is 7.70. The SMILES string of the molecule is COc1nc(O[C@@H]2CCc3c(-c4cccc(Nc5nccc6cc(CN7CC[C@@H](O)C7)cnc56)c4F)cccc32)cnc1CN1CC[C@@H](C(=O)O)C1. The number of carbonyl (C=O) groups is 1. The molecule has 5 aromatic rings. The number of benzene rings is 2. The number of likely N-dealkylation sites (tertiary alicyclic amines) is 2. The molecule has 3 aromatic heterocycles. The molecule has 13 heteroatoms. The van der Waals surface area contributed by atoms with Crippen molar-refractivity contribution in [3.8, 4) is 22.9 Å². The quantitative estimate of drug-likeness (QED) is 0.159. The standard InChI is InChI=1S/C39H40FN7O5/c1-51-38-32(22-47-14-11-25(20-47)39(49)50)42-18-34(45-38)52-33-9-8-28-27(4-2-5-29(28)33)30-6-3-7-31(35(30)40)44-37-36-24(10-13-41-37)16-23(17-43-36)19-46-15-12-26(48)21-46/h2-7,10,13,16-18,25-26,33,48H,8-9,11-12,14-15,19-22H2,1H3,(H,41,44)(H,49,50)/t25-,26-,33-/m1/s1. The number of methoxy groups -OCH3 is 1. The van der Waals surface area contributed by atoms with Crippen LogP contribution in [-0.2, 0) is 24.3 Å². The fraction of sp³-hybridized carbons (Fsp3) is 0.359. The highest BCUT2D eigenvalue weighted by Gasteiger charge is 2.31. The molecular weight excluding hydrogens is 665 g/mol. The number of halogens is 1. The highest BCUT2D eigenvalue weighted by molar-refractivity contribution is 5.90. The molecule has 0 bridgehead atoms. The molecule has 52 heavy (non-hydrogen) atoms. The number of hydrogen-bond donors (Lipinski definition) is 3. The van der Waals surface area contributed by atoms with E-state index in [4.69, 9.17) is 14.5 Å². The first-order valence-electron chi connectivity index (χ1n) is 17.7. The second-order valence-electron chi connectivity index (χ2n) is 13.8. The number of aliphatic carboxylic acids is 1. The molecule has 3 aliphatic rings. The van der Waals surface area contributed by atoms with Crippen LogP contribution < -0.4 is 14.8 Å². The van der Waals surface area contributed by atoms with Crippen LogP contribution in [0, 0.1) is 11.7 Å². The van der Waals surface area contributed by atoms with Crippen molar-refractivity contribution >= 4 is 28.4 Å². The average Bonchev–Trinajstić information content (AvgIpc) is 3.90. The number of carboxylic acids is 1. The smallest absolute Gasteiger partial charge is 0.307 e. The number of anilines is 2. The zero-order valence-corrected chi connectivity index (χ0v) is 28.8. The molecule has 5 heterocycles. The molecule has 0 saturated carbocycles. The molecule has 268 valence electrons. The van der Waals surface area contributed by atoms with Gasteiger partial charge >= 0.3 is 5.97 Å². The molecule has 0 unspecified atom stereocenters. The summed E-state index contributed by atoms with van der Waals surface area (Å²) in [5.74, 6) is -0.412. The number of β-amino-alcohol motifs (C(OH)–C–C–N with tert-alkyl or cyclic N) is 1. The predicted molar refractivity (Wildman–Crippen MR) is 192 cm³/mol. The van der Waals surface area contributed by atoms with Gasteiger partial charge in [0.05, 0.1) is 31.0 Å². The van der Waals surface area contributed by atoms with E-state index in [1.54, 1.807) is 24.5 Å². The van der Waals surface area contributed by atoms with E-state index in [9.17, 15) is 15.0 Å². The molecule has 3 atom stereocenters. The van der Waals surface area contributed by atoms with Crippen LogP contribution in [0.2, 0.25) is 0 Å². The summed E-state index contributed by atoms with van der Waals surface area (Å²) in [6, 6.07) is 15.2. The fourth-order valence-corrected chi connectivity index (χ4v) is 7.70. The van der Waals surface area contributed by atoms with Gasteiger partial charge in [0, 0.05) is 56.1 Å². The molecule has 0 amide bonds. The largest absolute Gasteiger partial charge is 0.481 e. The molecule has 0 radical (unpaired) electrons. The van der Waals surface area contributed by atoms with Crippen molar-refractivity contribution in [2.24, 2.45) is 5.92 Å². The molecule has 2 fully saturated rings. The van der Waals surface area contributed by atoms with Gasteiger partial charge in [-0.25, -0.2) is 14.4 Å². The van der Waals surface area contributed by atoms with Crippen LogP contribution in [0.4, 0.5) is 15.9 Å². The zero-order chi connectivity index (χ0) is 35.8. The maximum absolute atomic E-state index is 16.4. The van der Waals surface area contributed by atoms with E-state index >= 15 is 4.39 Å². The highest BCUT2D eigenvalue weighted by Crippen LogP contribution is 2.42. The Morgan fingerprint density at radius 3 is 2.62 bits per heavy atom. The lowest BCUT2D eigenvalue weighted by Gasteiger charge is -2.18. The lowest BCUT2D eigenvalue weighted by molar-refractivity contribution is -0.141. The normalized spacial score (nSPS) is 20.3. The Labute approximate surface area is 300 Å². The Balaban J connectivity index is 0.992. The summed E-state index contributed by atoms with van der Waals surface area (Å²) in [5, 5.41) is 23.3. The van der Waals surface area contributed by atoms with Crippen molar-refractivity contribution in [1.29, 1.82) is 0 Å². The van der Waals surface area contributed by atoms with Gasteiger partial charge in [0.15, 0.2) is 11.6 Å². The van der Waals surface area contributed by atoms with Crippen LogP contribution >= 0.6 is 0 Å². The number of ether oxygens (including phenoxy) is 2. The van der Waals surface area contributed by atoms with Crippen LogP contribution in [-0.4, -0.2) is 85.3 Å². The third-order valence-electron chi connectivity index (χ3n) is 10.3. The first kappa shape index (κ1) is 33.9. The number of fused-ring (bicyclic) bond motifs is 2. The number of rotatable bonds is 11. The second kappa shape index (κ2) is 14.4. The van der Waals surface area contributed by atoms with Crippen LogP contribution in [0.3, 0.4) is 0 Å². The van der Waals surface area contributed by atoms with Crippen LogP contribution in [0.15, 0.2) is 67.1 Å². The Kier molecular flexibility index (Phi) is 9.39. The van der Waals surface area contributed by atoms with Gasteiger partial charge in [-0.05, 0) is 72.7 Å². The Bertz CT molecular complexity index is 2130. The Hall–Kier alpha value is -5.24. The summed E-state index contributed by atoms with van der Waals surface area (Å²) < 4.78 is 28.3. The van der Waals surface area contributed by atoms with Gasteiger partial charge in [0.2, 0.25) is 11.8 Å². The third-order valence-corrected chi connectivity index (χ3v) is 10.3. The summed E-state index contributed by atoms with van der Waals surface area (Å²) >= 11 is 0. The van der Waals surface area contributed by atoms with Gasteiger partial charge < -0.3 is 25.0 Å². The van der Waals surface area contributed by atoms with E-state index in [2.05, 4.69) is 31.2 Å². The molecule has 2 aliphatic heterocycles. The number of nitrogens with one attached hydrogen (secondary N) is 1. The van der Waals surface area contributed by atoms with Crippen molar-refractivity contribution in [3.05, 3.63) is 95.3 Å². The number of aliphatic hydroxyl groups excluding tert-OH is 1. The van der Waals surface area contributed by atoms with Crippen molar-refractivity contribution in [1.82, 2.24) is 29.7 Å². The molecule has 12 nitrogen and oxygen atoms in total. The van der Waals surface area contributed by atoms with E-state index in [0.29, 0.717) is 92.0 Å². The molecule has 0 spiro atoms. The lowest BCUT2D eigenvalue weighted by atomic mass is 9.96. The van der Waals surface area contributed by atoms with Crippen molar-refractivity contribution in [2.45, 2.75) is 51.0 Å². The zero-order valence-electron chi connectivity index (χ0n) is 28.8. The summed E-state index contributed by atoms with van der Waals surface area (Å²) in [6.07, 6.45) is 7.28. The maximum Gasteiger partial charge on any atom is 0.307 e. The molecule has 2 saturated heterocycles. The van der Waals surface area contributed by atoms with E-state index in [1.165, 1.54) is 7.11 Å². The topological polar surface area (TPSA) is 146 Å². The van der Waals surface area contributed by atoms with Gasteiger partial charge in [0.1, 0.15) is 17.3 Å². The van der Waals surface area contributed by atoms with Crippen molar-refractivity contribution in [2.75, 3.05) is 38.6 Å². The lowest BCUT2D eigenvalue weighted by Crippen LogP contribution is -2.23. The van der Waals surface area contributed by atoms with Crippen LogP contribution in [0.5, 0.6) is 11.8 Å². The van der Waals surface area contributed by atoms with Gasteiger partial charge in [-0.2, -0.15) is 4.98 Å². The Morgan fingerprint density at radius 2 is 1.81 bits per heavy atom. The van der Waals surface area contributed by atoms with E-state index in [1.807, 2.05) is 41.4 Å². The summed E-state index contributed by atoms with van der Waals surface area (Å²) in [4.78, 5) is 34.0. The maximum atomic E-state index is 16.4. The summed E-state index contributed by atoms with van der Waals surface area (Å²) in [7, 11) is 1.53. The van der Waals surface area contributed by atoms with Crippen molar-refractivity contribution < 1.29 is 28.9 Å². The summed E-state index contributed by atoms with van der Waals surface area (Å²) in [5.41, 5.74) is 5.88. The number of carboxylic acid groups (broad SMARTS) is 1. The minimum absolute atomic E-state index is 0.280. The van der Waals surface area contributed by atoms with Crippen molar-refractivity contribution in [3.63, 3.8) is 0 Å². The highest BCUT2D eigenvalue weighted by atomic mass is 19.1. The van der Waals surface area contributed by atoms with Gasteiger partial charge in [-0.1, -0.05) is 30.3 Å². The first-order valence-corrected chi connectivity index (χ1v) is 17.7. The number of aliphatic hydroxyl groups is 1. The first-order chi connectivity index (χ1) is 25.3. The van der Waals surface area contributed by atoms with Crippen LogP contribution in [0.25, 0.3) is 22.0 Å². The Morgan fingerprint density at radius 1 is 0.981 bits per heavy atom. The predicted octanol–water partition coefficient (Wildman–Crippen LogP) is 5.52. The monoisotopic (exact) mass is 705 g/mol. The summed E-state index contributed by atoms with van der Waals surface area (Å²) in [6.45, 7) is 3.79. The van der Waals surface area contributed by atoms with E-state index in [-0.39, 0.29) is 23.9 Å². The second-order valence-corrected chi connectivity index (χ2v) is 13.8. The minimum atomic E-state index is -0.780. The molecule has 2 aromatic carbocycles. The number of aromatic nitrogens is 4. The molecule has 8 rings (SSSR count). The molecular formula is C39H40FN7O5. The van der Waals surface area contributed by atoms with Gasteiger partial charge in [0.25, 0.3) is 0 Å². The average molecular weight is 706 g/mol.